The Hall–Kier alpha value is -1.43. The molecule has 0 saturated heterocycles. The molecule has 0 saturated carbocycles. The Kier molecular flexibility index (Phi) is 3.75. The van der Waals surface area contributed by atoms with Crippen molar-refractivity contribution in [1.82, 2.24) is 9.38 Å². The van der Waals surface area contributed by atoms with Gasteiger partial charge in [-0.05, 0) is 18.2 Å². The number of aromatic nitrogens is 2. The van der Waals surface area contributed by atoms with E-state index in [1.165, 1.54) is 10.6 Å². The van der Waals surface area contributed by atoms with Gasteiger partial charge in [0.1, 0.15) is 5.82 Å². The number of nitrogens with zero attached hydrogens (tertiary/aromatic N) is 2. The van der Waals surface area contributed by atoms with Crippen LogP contribution in [0.25, 0.3) is 16.9 Å². The summed E-state index contributed by atoms with van der Waals surface area (Å²) in [6, 6.07) is 5.66. The molecule has 0 amide bonds. The van der Waals surface area contributed by atoms with Gasteiger partial charge in [-0.2, -0.15) is 13.2 Å². The first-order valence-corrected chi connectivity index (χ1v) is 7.10. The van der Waals surface area contributed by atoms with E-state index in [1.807, 2.05) is 0 Å². The van der Waals surface area contributed by atoms with Gasteiger partial charge in [-0.25, -0.2) is 4.98 Å². The molecule has 0 unspecified atom stereocenters. The zero-order valence-corrected chi connectivity index (χ0v) is 12.9. The van der Waals surface area contributed by atoms with E-state index in [1.54, 1.807) is 18.2 Å². The summed E-state index contributed by atoms with van der Waals surface area (Å²) in [5, 5.41) is 0.513. The molecule has 2 heterocycles. The molecule has 2 nitrogen and oxygen atoms in total. The lowest BCUT2D eigenvalue weighted by atomic mass is 10.2. The number of halogens is 6. The largest absolute Gasteiger partial charge is 0.417 e. The predicted octanol–water partition coefficient (Wildman–Crippen LogP) is 5.98. The zero-order chi connectivity index (χ0) is 16.1. The second kappa shape index (κ2) is 5.33. The smallest absolute Gasteiger partial charge is 0.298 e. The van der Waals surface area contributed by atoms with Crippen molar-refractivity contribution in [3.63, 3.8) is 0 Å². The molecule has 2 aromatic heterocycles. The third-order valence-corrected chi connectivity index (χ3v) is 4.04. The van der Waals surface area contributed by atoms with E-state index < -0.39 is 11.7 Å². The van der Waals surface area contributed by atoms with E-state index in [2.05, 4.69) is 4.98 Å². The van der Waals surface area contributed by atoms with Crippen LogP contribution >= 0.6 is 34.8 Å². The predicted molar refractivity (Wildman–Crippen MR) is 80.7 cm³/mol. The second-order valence-corrected chi connectivity index (χ2v) is 5.73. The van der Waals surface area contributed by atoms with Crippen molar-refractivity contribution in [2.75, 3.05) is 0 Å². The Morgan fingerprint density at radius 1 is 1.00 bits per heavy atom. The molecule has 0 spiro atoms. The third-order valence-electron chi connectivity index (χ3n) is 3.11. The van der Waals surface area contributed by atoms with Crippen LogP contribution in [0, 0.1) is 0 Å². The Labute approximate surface area is 138 Å². The minimum absolute atomic E-state index is 0.0586. The molecule has 0 atom stereocenters. The molecule has 8 heteroatoms. The monoisotopic (exact) mass is 364 g/mol. The highest BCUT2D eigenvalue weighted by molar-refractivity contribution is 6.39. The van der Waals surface area contributed by atoms with Crippen LogP contribution in [0.4, 0.5) is 13.2 Å². The van der Waals surface area contributed by atoms with Crippen LogP contribution in [0.15, 0.2) is 36.7 Å². The van der Waals surface area contributed by atoms with Crippen LogP contribution in [0.2, 0.25) is 15.1 Å². The van der Waals surface area contributed by atoms with Gasteiger partial charge in [-0.15, -0.1) is 0 Å². The lowest BCUT2D eigenvalue weighted by Gasteiger charge is -2.11. The summed E-state index contributed by atoms with van der Waals surface area (Å²) >= 11 is 18.1. The fourth-order valence-electron chi connectivity index (χ4n) is 2.11. The van der Waals surface area contributed by atoms with E-state index in [4.69, 9.17) is 34.8 Å². The molecule has 0 bridgehead atoms. The van der Waals surface area contributed by atoms with Crippen molar-refractivity contribution >= 4 is 40.3 Å². The minimum atomic E-state index is -4.52. The maximum Gasteiger partial charge on any atom is 0.417 e. The first kappa shape index (κ1) is 15.5. The van der Waals surface area contributed by atoms with Crippen molar-refractivity contribution in [3.8, 4) is 11.4 Å². The minimum Gasteiger partial charge on any atom is -0.298 e. The quantitative estimate of drug-likeness (QED) is 0.518. The fourth-order valence-corrected chi connectivity index (χ4v) is 2.93. The van der Waals surface area contributed by atoms with Crippen LogP contribution < -0.4 is 0 Å². The van der Waals surface area contributed by atoms with Crippen molar-refractivity contribution in [3.05, 3.63) is 57.3 Å². The normalized spacial score (nSPS) is 12.1. The van der Waals surface area contributed by atoms with E-state index in [0.29, 0.717) is 11.1 Å². The van der Waals surface area contributed by atoms with Crippen molar-refractivity contribution in [1.29, 1.82) is 0 Å². The first-order chi connectivity index (χ1) is 10.3. The average Bonchev–Trinajstić information content (AvgIpc) is 2.82. The van der Waals surface area contributed by atoms with Crippen LogP contribution in [-0.2, 0) is 6.18 Å². The Morgan fingerprint density at radius 2 is 1.64 bits per heavy atom. The van der Waals surface area contributed by atoms with E-state index in [0.717, 1.165) is 12.3 Å². The van der Waals surface area contributed by atoms with E-state index in [9.17, 15) is 13.2 Å². The number of imidazole rings is 1. The number of hydrogen-bond donors (Lipinski definition) is 0. The first-order valence-electron chi connectivity index (χ1n) is 5.97. The number of fused-ring (bicyclic) bond motifs is 1. The number of hydrogen-bond acceptors (Lipinski definition) is 1. The second-order valence-electron chi connectivity index (χ2n) is 4.51. The van der Waals surface area contributed by atoms with Gasteiger partial charge in [0.05, 0.1) is 37.9 Å². The van der Waals surface area contributed by atoms with E-state index >= 15 is 0 Å². The highest BCUT2D eigenvalue weighted by Crippen LogP contribution is 2.37. The maximum absolute atomic E-state index is 13.0. The highest BCUT2D eigenvalue weighted by Gasteiger charge is 2.32. The molecule has 22 heavy (non-hydrogen) atoms. The van der Waals surface area contributed by atoms with Gasteiger partial charge in [0.15, 0.2) is 0 Å². The van der Waals surface area contributed by atoms with Gasteiger partial charge in [0, 0.05) is 6.20 Å². The van der Waals surface area contributed by atoms with Crippen molar-refractivity contribution in [2.24, 2.45) is 0 Å². The lowest BCUT2D eigenvalue weighted by molar-refractivity contribution is -0.137. The molecule has 0 aliphatic rings. The van der Waals surface area contributed by atoms with Gasteiger partial charge in [0.2, 0.25) is 0 Å². The van der Waals surface area contributed by atoms with Crippen molar-refractivity contribution < 1.29 is 13.2 Å². The Balaban J connectivity index is 2.35. The number of benzene rings is 1. The van der Waals surface area contributed by atoms with Crippen LogP contribution in [0.3, 0.4) is 0 Å². The Bertz CT molecular complexity index is 851. The molecular formula is C14H6Cl3F3N2. The molecule has 1 aromatic carbocycles. The molecular weight excluding hydrogens is 360 g/mol. The van der Waals surface area contributed by atoms with Gasteiger partial charge in [-0.3, -0.25) is 4.40 Å². The number of rotatable bonds is 1. The molecule has 0 fully saturated rings. The summed E-state index contributed by atoms with van der Waals surface area (Å²) < 4.78 is 40.1. The molecule has 0 aliphatic heterocycles. The summed E-state index contributed by atoms with van der Waals surface area (Å²) in [5.74, 6) is 0.193. The molecule has 0 radical (unpaired) electrons. The SMILES string of the molecule is FC(F)(F)c1cc(Cl)c2cnc(-c3c(Cl)cccc3Cl)n2c1. The molecule has 114 valence electrons. The van der Waals surface area contributed by atoms with Crippen molar-refractivity contribution in [2.45, 2.75) is 6.18 Å². The zero-order valence-electron chi connectivity index (χ0n) is 10.6. The van der Waals surface area contributed by atoms with Crippen LogP contribution in [0.1, 0.15) is 5.56 Å². The lowest BCUT2D eigenvalue weighted by Crippen LogP contribution is -2.07. The molecule has 0 aliphatic carbocycles. The van der Waals surface area contributed by atoms with Crippen LogP contribution in [0.5, 0.6) is 0 Å². The maximum atomic E-state index is 13.0. The molecule has 3 rings (SSSR count). The summed E-state index contributed by atoms with van der Waals surface area (Å²) in [6.07, 6.45) is -2.23. The summed E-state index contributed by atoms with van der Waals surface area (Å²) in [7, 11) is 0. The summed E-state index contributed by atoms with van der Waals surface area (Å²) in [6.45, 7) is 0. The molecule has 0 N–H and O–H groups in total. The number of pyridine rings is 1. The Morgan fingerprint density at radius 3 is 2.23 bits per heavy atom. The third kappa shape index (κ3) is 2.53. The topological polar surface area (TPSA) is 17.3 Å². The summed E-state index contributed by atoms with van der Waals surface area (Å²) in [5.41, 5.74) is -0.200. The van der Waals surface area contributed by atoms with Gasteiger partial charge < -0.3 is 0 Å². The van der Waals surface area contributed by atoms with Gasteiger partial charge >= 0.3 is 6.18 Å². The standard InChI is InChI=1S/C14H6Cl3F3N2/c15-8-2-1-3-9(16)12(8)13-21-5-11-10(17)4-7(6-22(11)13)14(18,19)20/h1-6H. The van der Waals surface area contributed by atoms with E-state index in [-0.39, 0.29) is 20.9 Å². The van der Waals surface area contributed by atoms with Crippen LogP contribution in [-0.4, -0.2) is 9.38 Å². The molecule has 3 aromatic rings. The fraction of sp³-hybridized carbons (Fsp3) is 0.0714. The average molecular weight is 366 g/mol. The summed E-state index contributed by atoms with van der Waals surface area (Å²) in [4.78, 5) is 4.11. The highest BCUT2D eigenvalue weighted by atomic mass is 35.5. The van der Waals surface area contributed by atoms with Gasteiger partial charge in [-0.1, -0.05) is 40.9 Å². The number of alkyl halides is 3. The van der Waals surface area contributed by atoms with Gasteiger partial charge in [0.25, 0.3) is 0 Å².